The fourth-order valence-electron chi connectivity index (χ4n) is 3.21. The first-order chi connectivity index (χ1) is 13.2. The van der Waals surface area contributed by atoms with Gasteiger partial charge in [0.2, 0.25) is 0 Å². The highest BCUT2D eigenvalue weighted by molar-refractivity contribution is 5.64. The Morgan fingerprint density at radius 3 is 2.57 bits per heavy atom. The van der Waals surface area contributed by atoms with E-state index in [-0.39, 0.29) is 5.41 Å². The highest BCUT2D eigenvalue weighted by Gasteiger charge is 2.37. The highest BCUT2D eigenvalue weighted by atomic mass is 16.5. The molecular weight excluding hydrogens is 352 g/mol. The molecule has 0 radical (unpaired) electrons. The lowest BCUT2D eigenvalue weighted by Crippen LogP contribution is -2.28. The van der Waals surface area contributed by atoms with Crippen molar-refractivity contribution in [2.45, 2.75) is 33.3 Å². The number of rotatable bonds is 3. The van der Waals surface area contributed by atoms with Gasteiger partial charge in [0, 0.05) is 29.1 Å². The quantitative estimate of drug-likeness (QED) is 0.702. The maximum atomic E-state index is 11.4. The third-order valence-electron chi connectivity index (χ3n) is 4.72. The van der Waals surface area contributed by atoms with E-state index in [0.29, 0.717) is 35.0 Å². The van der Waals surface area contributed by atoms with Crippen LogP contribution in [0.25, 0.3) is 11.3 Å². The monoisotopic (exact) mass is 376 g/mol. The molecule has 1 aliphatic heterocycles. The van der Waals surface area contributed by atoms with Crippen LogP contribution in [0.3, 0.4) is 0 Å². The van der Waals surface area contributed by atoms with Crippen LogP contribution >= 0.6 is 0 Å². The molecule has 5 nitrogen and oxygen atoms in total. The summed E-state index contributed by atoms with van der Waals surface area (Å²) in [7, 11) is 0. The van der Waals surface area contributed by atoms with E-state index in [1.165, 1.54) is 0 Å². The van der Waals surface area contributed by atoms with Crippen molar-refractivity contribution < 1.29 is 14.6 Å². The zero-order valence-electron chi connectivity index (χ0n) is 16.6. The molecule has 3 aromatic rings. The predicted octanol–water partition coefficient (Wildman–Crippen LogP) is 4.93. The topological polar surface area (TPSA) is 64.5 Å². The summed E-state index contributed by atoms with van der Waals surface area (Å²) in [5.74, 6) is 1.87. The Hall–Kier alpha value is -2.92. The number of benzene rings is 1. The van der Waals surface area contributed by atoms with Gasteiger partial charge in [-0.15, -0.1) is 0 Å². The Kier molecular flexibility index (Phi) is 4.35. The second-order valence-corrected chi connectivity index (χ2v) is 8.49. The lowest BCUT2D eigenvalue weighted by Gasteiger charge is -2.33. The third-order valence-corrected chi connectivity index (χ3v) is 4.72. The molecule has 5 heteroatoms. The highest BCUT2D eigenvalue weighted by Crippen LogP contribution is 2.48. The van der Waals surface area contributed by atoms with Crippen molar-refractivity contribution in [3.8, 4) is 28.5 Å². The minimum Gasteiger partial charge on any atom is -0.493 e. The number of hydrogen-bond acceptors (Lipinski definition) is 5. The van der Waals surface area contributed by atoms with Crippen molar-refractivity contribution >= 4 is 0 Å². The van der Waals surface area contributed by atoms with Crippen LogP contribution < -0.4 is 9.47 Å². The molecule has 1 aromatic carbocycles. The number of fused-ring (bicyclic) bond motifs is 2. The van der Waals surface area contributed by atoms with E-state index in [1.807, 2.05) is 36.4 Å². The third kappa shape index (κ3) is 3.45. The minimum absolute atomic E-state index is 0.0474. The molecule has 0 spiro atoms. The summed E-state index contributed by atoms with van der Waals surface area (Å²) in [4.78, 5) is 8.62. The van der Waals surface area contributed by atoms with Gasteiger partial charge in [-0.05, 0) is 48.7 Å². The van der Waals surface area contributed by atoms with Crippen LogP contribution in [0, 0.1) is 5.41 Å². The molecule has 0 saturated carbocycles. The van der Waals surface area contributed by atoms with Crippen molar-refractivity contribution in [2.75, 3.05) is 6.61 Å². The zero-order valence-corrected chi connectivity index (χ0v) is 16.6. The number of aliphatic hydroxyl groups is 1. The Morgan fingerprint density at radius 2 is 1.86 bits per heavy atom. The summed E-state index contributed by atoms with van der Waals surface area (Å²) < 4.78 is 11.9. The molecule has 1 unspecified atom stereocenters. The van der Waals surface area contributed by atoms with E-state index in [2.05, 4.69) is 30.7 Å². The van der Waals surface area contributed by atoms with Crippen molar-refractivity contribution in [2.24, 2.45) is 5.41 Å². The normalized spacial score (nSPS) is 18.0. The van der Waals surface area contributed by atoms with Gasteiger partial charge in [0.05, 0.1) is 18.5 Å². The Bertz CT molecular complexity index is 1010. The minimum atomic E-state index is -1.23. The molecule has 2 aromatic heterocycles. The summed E-state index contributed by atoms with van der Waals surface area (Å²) in [6.07, 6.45) is 5.12. The van der Waals surface area contributed by atoms with Crippen LogP contribution in [0.4, 0.5) is 0 Å². The predicted molar refractivity (Wildman–Crippen MR) is 108 cm³/mol. The lowest BCUT2D eigenvalue weighted by molar-refractivity contribution is 0.0893. The smallest absolute Gasteiger partial charge is 0.152 e. The van der Waals surface area contributed by atoms with Gasteiger partial charge in [-0.3, -0.25) is 9.97 Å². The van der Waals surface area contributed by atoms with E-state index in [9.17, 15) is 5.11 Å². The molecule has 4 rings (SSSR count). The second-order valence-electron chi connectivity index (χ2n) is 8.49. The summed E-state index contributed by atoms with van der Waals surface area (Å²) in [5.41, 5.74) is 1.78. The number of hydrogen-bond donors (Lipinski definition) is 1. The van der Waals surface area contributed by atoms with Gasteiger partial charge < -0.3 is 14.6 Å². The number of aromatic nitrogens is 2. The molecule has 1 aliphatic rings. The molecule has 3 heterocycles. The van der Waals surface area contributed by atoms with E-state index in [0.717, 1.165) is 11.3 Å². The largest absolute Gasteiger partial charge is 0.493 e. The summed E-state index contributed by atoms with van der Waals surface area (Å²) >= 11 is 0. The van der Waals surface area contributed by atoms with Crippen molar-refractivity contribution in [3.63, 3.8) is 0 Å². The molecule has 144 valence electrons. The molecule has 0 amide bonds. The van der Waals surface area contributed by atoms with Gasteiger partial charge in [-0.2, -0.15) is 0 Å². The van der Waals surface area contributed by atoms with Gasteiger partial charge in [0.25, 0.3) is 0 Å². The van der Waals surface area contributed by atoms with Gasteiger partial charge in [-0.1, -0.05) is 20.8 Å². The van der Waals surface area contributed by atoms with Gasteiger partial charge in [0.1, 0.15) is 17.1 Å². The van der Waals surface area contributed by atoms with Crippen LogP contribution in [0.5, 0.6) is 17.2 Å². The van der Waals surface area contributed by atoms with Crippen molar-refractivity contribution in [1.29, 1.82) is 0 Å². The molecule has 0 bridgehead atoms. The molecule has 1 atom stereocenters. The Morgan fingerprint density at radius 1 is 1.07 bits per heavy atom. The van der Waals surface area contributed by atoms with Crippen molar-refractivity contribution in [1.82, 2.24) is 9.97 Å². The summed E-state index contributed by atoms with van der Waals surface area (Å²) in [5, 5.41) is 11.4. The summed E-state index contributed by atoms with van der Waals surface area (Å²) in [6.45, 7) is 8.71. The molecular formula is C23H24N2O3. The fraction of sp³-hybridized carbons (Fsp3) is 0.304. The SMILES string of the molecule is CC(C)(C)COc1ccc2c(c1)C(C)(O)c1cc(-c3cccnc3)ncc1O2. The standard InChI is InChI=1S/C23H24N2O3/c1-22(2,3)14-27-16-7-8-20-17(10-16)23(4,26)18-11-19(25-13-21(18)28-20)15-6-5-9-24-12-15/h5-13,26H,14H2,1-4H3. The maximum Gasteiger partial charge on any atom is 0.152 e. The van der Waals surface area contributed by atoms with E-state index >= 15 is 0 Å². The van der Waals surface area contributed by atoms with Crippen LogP contribution in [0.1, 0.15) is 38.8 Å². The average molecular weight is 376 g/mol. The summed E-state index contributed by atoms with van der Waals surface area (Å²) in [6, 6.07) is 11.2. The van der Waals surface area contributed by atoms with Gasteiger partial charge >= 0.3 is 0 Å². The van der Waals surface area contributed by atoms with E-state index in [4.69, 9.17) is 9.47 Å². The second kappa shape index (κ2) is 6.60. The van der Waals surface area contributed by atoms with Crippen LogP contribution in [0.2, 0.25) is 0 Å². The molecule has 0 fully saturated rings. The van der Waals surface area contributed by atoms with Crippen LogP contribution in [-0.2, 0) is 5.60 Å². The van der Waals surface area contributed by atoms with Crippen molar-refractivity contribution in [3.05, 3.63) is 66.1 Å². The van der Waals surface area contributed by atoms with Gasteiger partial charge in [-0.25, -0.2) is 0 Å². The molecule has 28 heavy (non-hydrogen) atoms. The maximum absolute atomic E-state index is 11.4. The lowest BCUT2D eigenvalue weighted by atomic mass is 9.85. The Balaban J connectivity index is 1.72. The first-order valence-corrected chi connectivity index (χ1v) is 9.32. The first-order valence-electron chi connectivity index (χ1n) is 9.32. The number of pyridine rings is 2. The molecule has 0 saturated heterocycles. The van der Waals surface area contributed by atoms with Crippen LogP contribution in [-0.4, -0.2) is 21.7 Å². The Labute approximate surface area is 165 Å². The first kappa shape index (κ1) is 18.4. The van der Waals surface area contributed by atoms with E-state index in [1.54, 1.807) is 25.5 Å². The zero-order chi connectivity index (χ0) is 19.9. The number of nitrogens with zero attached hydrogens (tertiary/aromatic N) is 2. The van der Waals surface area contributed by atoms with Crippen LogP contribution in [0.15, 0.2) is 55.0 Å². The number of ether oxygens (including phenoxy) is 2. The van der Waals surface area contributed by atoms with Gasteiger partial charge in [0.15, 0.2) is 5.75 Å². The average Bonchev–Trinajstić information content (AvgIpc) is 2.67. The molecule has 0 aliphatic carbocycles. The van der Waals surface area contributed by atoms with E-state index < -0.39 is 5.60 Å². The fourth-order valence-corrected chi connectivity index (χ4v) is 3.21. The molecule has 1 N–H and O–H groups in total.